The lowest BCUT2D eigenvalue weighted by Gasteiger charge is -2.31. The molecule has 2 atom stereocenters. The zero-order chi connectivity index (χ0) is 24.6. The number of nitrogens with zero attached hydrogens (tertiary/aromatic N) is 5. The molecule has 2 amide bonds. The number of alkyl halides is 3. The van der Waals surface area contributed by atoms with Crippen LogP contribution >= 0.6 is 15.9 Å². The van der Waals surface area contributed by atoms with Gasteiger partial charge >= 0.3 is 6.36 Å². The molecule has 2 heterocycles. The predicted molar refractivity (Wildman–Crippen MR) is 112 cm³/mol. The summed E-state index contributed by atoms with van der Waals surface area (Å²) in [5.74, 6) is -0.541. The minimum absolute atomic E-state index is 0.0382. The summed E-state index contributed by atoms with van der Waals surface area (Å²) < 4.78 is 44.2. The van der Waals surface area contributed by atoms with Gasteiger partial charge in [0.25, 0.3) is 5.91 Å². The molecule has 0 radical (unpaired) electrons. The van der Waals surface area contributed by atoms with Crippen molar-refractivity contribution in [3.63, 3.8) is 0 Å². The largest absolute Gasteiger partial charge is 0.523 e. The summed E-state index contributed by atoms with van der Waals surface area (Å²) in [6.45, 7) is 4.47. The number of ether oxygens (including phenoxy) is 1. The summed E-state index contributed by atoms with van der Waals surface area (Å²) in [5, 5.41) is 6.93. The van der Waals surface area contributed by atoms with Crippen molar-refractivity contribution >= 4 is 27.7 Å². The van der Waals surface area contributed by atoms with Gasteiger partial charge in [-0.2, -0.15) is 4.68 Å². The minimum atomic E-state index is -4.87. The van der Waals surface area contributed by atoms with E-state index in [4.69, 9.17) is 5.73 Å². The van der Waals surface area contributed by atoms with E-state index in [0.717, 1.165) is 6.33 Å². The highest BCUT2D eigenvalue weighted by atomic mass is 79.9. The number of aryl methyl sites for hydroxylation is 1. The number of halogens is 4. The van der Waals surface area contributed by atoms with Crippen LogP contribution < -0.4 is 11.1 Å². The number of hydrogen-bond donors (Lipinski definition) is 2. The fourth-order valence-corrected chi connectivity index (χ4v) is 4.05. The Morgan fingerprint density at radius 1 is 1.36 bits per heavy atom. The van der Waals surface area contributed by atoms with E-state index < -0.39 is 29.8 Å². The minimum Gasteiger partial charge on any atom is -0.364 e. The first kappa shape index (κ1) is 24.5. The van der Waals surface area contributed by atoms with Crippen molar-refractivity contribution in [2.75, 3.05) is 0 Å². The standard InChI is InChI=1S/C19H19BrF3N7O3/c1-9(16-28-10(2)29-30(16)14-5-13(15(24)31)25-8-26-14)27-17(32)11-4-12(20)7-18(3,6-11)33-19(21,22)23/h4-5,7-9H,6H2,1-3H3,(H2,24,31)(H,27,32)/t9-,18?/m0/s1. The topological polar surface area (TPSA) is 138 Å². The second-order valence-electron chi connectivity index (χ2n) is 7.49. The van der Waals surface area contributed by atoms with Crippen LogP contribution in [0, 0.1) is 6.92 Å². The van der Waals surface area contributed by atoms with Crippen LogP contribution in [-0.2, 0) is 9.53 Å². The number of primary amides is 1. The lowest BCUT2D eigenvalue weighted by atomic mass is 9.90. The highest BCUT2D eigenvalue weighted by Gasteiger charge is 2.42. The Kier molecular flexibility index (Phi) is 6.70. The first-order valence-electron chi connectivity index (χ1n) is 9.49. The van der Waals surface area contributed by atoms with Gasteiger partial charge in [0.2, 0.25) is 5.91 Å². The smallest absolute Gasteiger partial charge is 0.364 e. The van der Waals surface area contributed by atoms with Crippen molar-refractivity contribution in [2.24, 2.45) is 5.73 Å². The number of allylic oxidation sites excluding steroid dienone is 2. The van der Waals surface area contributed by atoms with Gasteiger partial charge in [0.15, 0.2) is 11.6 Å². The maximum Gasteiger partial charge on any atom is 0.523 e. The fourth-order valence-electron chi connectivity index (χ4n) is 3.29. The first-order valence-corrected chi connectivity index (χ1v) is 10.3. The van der Waals surface area contributed by atoms with E-state index in [9.17, 15) is 22.8 Å². The molecule has 3 N–H and O–H groups in total. The number of carbonyl (C=O) groups is 2. The SMILES string of the molecule is Cc1nc([C@H](C)NC(=O)C2=CC(Br)=CC(C)(OC(F)(F)F)C2)n(-c2cc(C(N)=O)ncn2)n1. The van der Waals surface area contributed by atoms with Gasteiger partial charge < -0.3 is 11.1 Å². The van der Waals surface area contributed by atoms with Crippen LogP contribution in [0.3, 0.4) is 0 Å². The first-order chi connectivity index (χ1) is 15.3. The van der Waals surface area contributed by atoms with E-state index in [2.05, 4.69) is 46.0 Å². The normalized spacial score (nSPS) is 19.5. The predicted octanol–water partition coefficient (Wildman–Crippen LogP) is 2.55. The third-order valence-corrected chi connectivity index (χ3v) is 4.99. The third-order valence-electron chi connectivity index (χ3n) is 4.53. The summed E-state index contributed by atoms with van der Waals surface area (Å²) in [6, 6.07) is 0.589. The molecular weight excluding hydrogens is 511 g/mol. The van der Waals surface area contributed by atoms with Gasteiger partial charge in [0.1, 0.15) is 17.8 Å². The lowest BCUT2D eigenvalue weighted by molar-refractivity contribution is -0.355. The van der Waals surface area contributed by atoms with Gasteiger partial charge in [-0.15, -0.1) is 18.3 Å². The Morgan fingerprint density at radius 2 is 2.06 bits per heavy atom. The fraction of sp³-hybridized carbons (Fsp3) is 0.368. The van der Waals surface area contributed by atoms with E-state index in [0.29, 0.717) is 5.82 Å². The number of carbonyl (C=O) groups excluding carboxylic acids is 2. The average molecular weight is 530 g/mol. The van der Waals surface area contributed by atoms with Crippen molar-refractivity contribution in [3.8, 4) is 5.82 Å². The molecule has 10 nitrogen and oxygen atoms in total. The maximum absolute atomic E-state index is 12.9. The van der Waals surface area contributed by atoms with Crippen LogP contribution in [0.25, 0.3) is 5.82 Å². The Balaban J connectivity index is 1.83. The molecule has 0 saturated heterocycles. The lowest BCUT2D eigenvalue weighted by Crippen LogP contribution is -2.39. The Hall–Kier alpha value is -3.13. The molecule has 3 rings (SSSR count). The van der Waals surface area contributed by atoms with E-state index in [1.165, 1.54) is 29.8 Å². The molecule has 2 aromatic rings. The quantitative estimate of drug-likeness (QED) is 0.586. The molecule has 0 spiro atoms. The summed E-state index contributed by atoms with van der Waals surface area (Å²) in [5.41, 5.74) is 3.53. The summed E-state index contributed by atoms with van der Waals surface area (Å²) in [4.78, 5) is 36.4. The summed E-state index contributed by atoms with van der Waals surface area (Å²) >= 11 is 3.13. The van der Waals surface area contributed by atoms with Gasteiger partial charge in [0.05, 0.1) is 11.6 Å². The number of nitrogens with two attached hydrogens (primary N) is 1. The Labute approximate surface area is 194 Å². The number of rotatable bonds is 6. The monoisotopic (exact) mass is 529 g/mol. The van der Waals surface area contributed by atoms with Gasteiger partial charge in [-0.05, 0) is 32.9 Å². The number of hydrogen-bond acceptors (Lipinski definition) is 7. The molecule has 0 fully saturated rings. The van der Waals surface area contributed by atoms with Crippen LogP contribution in [0.15, 0.2) is 34.6 Å². The molecule has 176 valence electrons. The van der Waals surface area contributed by atoms with Crippen LogP contribution in [0.5, 0.6) is 0 Å². The van der Waals surface area contributed by atoms with Crippen LogP contribution in [0.4, 0.5) is 13.2 Å². The van der Waals surface area contributed by atoms with Gasteiger partial charge in [-0.25, -0.2) is 15.0 Å². The molecule has 14 heteroatoms. The van der Waals surface area contributed by atoms with Crippen LogP contribution in [0.2, 0.25) is 0 Å². The van der Waals surface area contributed by atoms with Crippen molar-refractivity contribution in [1.29, 1.82) is 0 Å². The molecule has 0 bridgehead atoms. The van der Waals surface area contributed by atoms with E-state index in [-0.39, 0.29) is 33.8 Å². The highest BCUT2D eigenvalue weighted by molar-refractivity contribution is 9.11. The summed E-state index contributed by atoms with van der Waals surface area (Å²) in [6.07, 6.45) is -1.38. The van der Waals surface area contributed by atoms with Gasteiger partial charge in [-0.3, -0.25) is 14.3 Å². The zero-order valence-electron chi connectivity index (χ0n) is 17.6. The Morgan fingerprint density at radius 3 is 2.70 bits per heavy atom. The number of nitrogens with one attached hydrogen (secondary N) is 1. The molecule has 2 aromatic heterocycles. The van der Waals surface area contributed by atoms with E-state index in [1.807, 2.05) is 0 Å². The molecule has 33 heavy (non-hydrogen) atoms. The average Bonchev–Trinajstić information content (AvgIpc) is 3.07. The Bertz CT molecular complexity index is 1160. The van der Waals surface area contributed by atoms with Crippen molar-refractivity contribution in [3.05, 3.63) is 51.9 Å². The molecule has 1 unspecified atom stereocenters. The van der Waals surface area contributed by atoms with Crippen molar-refractivity contribution in [2.45, 2.75) is 45.2 Å². The second kappa shape index (κ2) is 9.02. The van der Waals surface area contributed by atoms with Gasteiger partial charge in [0, 0.05) is 22.5 Å². The second-order valence-corrected chi connectivity index (χ2v) is 8.40. The van der Waals surface area contributed by atoms with Gasteiger partial charge in [-0.1, -0.05) is 15.9 Å². The molecule has 0 aliphatic heterocycles. The zero-order valence-corrected chi connectivity index (χ0v) is 19.2. The molecular formula is C19H19BrF3N7O3. The van der Waals surface area contributed by atoms with Crippen molar-refractivity contribution in [1.82, 2.24) is 30.0 Å². The molecule has 1 aliphatic carbocycles. The van der Waals surface area contributed by atoms with E-state index in [1.54, 1.807) is 13.8 Å². The molecule has 0 saturated carbocycles. The van der Waals surface area contributed by atoms with E-state index >= 15 is 0 Å². The van der Waals surface area contributed by atoms with Crippen LogP contribution in [0.1, 0.15) is 48.4 Å². The maximum atomic E-state index is 12.9. The highest BCUT2D eigenvalue weighted by Crippen LogP contribution is 2.36. The third kappa shape index (κ3) is 6.01. The number of amides is 2. The summed E-state index contributed by atoms with van der Waals surface area (Å²) in [7, 11) is 0. The number of aromatic nitrogens is 5. The molecule has 0 aromatic carbocycles. The van der Waals surface area contributed by atoms with Crippen molar-refractivity contribution < 1.29 is 27.5 Å². The molecule has 1 aliphatic rings. The van der Waals surface area contributed by atoms with Crippen LogP contribution in [-0.4, -0.2) is 48.5 Å².